The molecule has 0 bridgehead atoms. The van der Waals surface area contributed by atoms with Crippen LogP contribution >= 0.6 is 0 Å². The van der Waals surface area contributed by atoms with Gasteiger partial charge in [-0.05, 0) is 53.0 Å². The zero-order chi connectivity index (χ0) is 13.8. The maximum absolute atomic E-state index is 12.1. The first-order valence-electron chi connectivity index (χ1n) is 6.73. The predicted molar refractivity (Wildman–Crippen MR) is 70.3 cm³/mol. The Kier molecular flexibility index (Phi) is 5.41. The number of aliphatic hydroxyl groups excluding tert-OH is 1. The van der Waals surface area contributed by atoms with Crippen LogP contribution in [0, 0.1) is 0 Å². The fourth-order valence-corrected chi connectivity index (χ4v) is 2.26. The van der Waals surface area contributed by atoms with Crippen molar-refractivity contribution in [3.05, 3.63) is 0 Å². The first kappa shape index (κ1) is 15.2. The third-order valence-corrected chi connectivity index (χ3v) is 3.08. The first-order chi connectivity index (χ1) is 8.35. The molecular formula is C13H26N2O3. The van der Waals surface area contributed by atoms with Crippen LogP contribution in [-0.2, 0) is 4.74 Å². The van der Waals surface area contributed by atoms with Gasteiger partial charge in [0.05, 0.1) is 12.1 Å². The molecule has 1 aliphatic heterocycles. The molecule has 2 atom stereocenters. The summed E-state index contributed by atoms with van der Waals surface area (Å²) >= 11 is 0. The smallest absolute Gasteiger partial charge is 0.410 e. The molecule has 0 saturated carbocycles. The molecule has 1 rings (SSSR count). The van der Waals surface area contributed by atoms with Gasteiger partial charge in [-0.2, -0.15) is 0 Å². The standard InChI is InChI=1S/C13H26N2O3/c1-13(2,3)18-12(17)15-9-5-7-11(16)10(15)6-4-8-14/h10-11,16H,4-9,14H2,1-3H3. The number of piperidine rings is 1. The number of nitrogens with two attached hydrogens (primary N) is 1. The minimum Gasteiger partial charge on any atom is -0.444 e. The molecule has 0 radical (unpaired) electrons. The molecule has 0 aromatic rings. The molecule has 5 heteroatoms. The number of nitrogens with zero attached hydrogens (tertiary/aromatic N) is 1. The second-order valence-electron chi connectivity index (χ2n) is 5.88. The van der Waals surface area contributed by atoms with Crippen LogP contribution in [0.2, 0.25) is 0 Å². The Balaban J connectivity index is 2.66. The molecule has 3 N–H and O–H groups in total. The van der Waals surface area contributed by atoms with Crippen molar-refractivity contribution in [2.75, 3.05) is 13.1 Å². The maximum atomic E-state index is 12.1. The molecule has 18 heavy (non-hydrogen) atoms. The summed E-state index contributed by atoms with van der Waals surface area (Å²) in [4.78, 5) is 13.8. The molecule has 1 fully saturated rings. The van der Waals surface area contributed by atoms with Gasteiger partial charge in [-0.15, -0.1) is 0 Å². The van der Waals surface area contributed by atoms with Crippen LogP contribution in [0.5, 0.6) is 0 Å². The Morgan fingerprint density at radius 2 is 2.17 bits per heavy atom. The SMILES string of the molecule is CC(C)(C)OC(=O)N1CCCC(O)C1CCCN. The molecule has 1 amide bonds. The minimum absolute atomic E-state index is 0.155. The minimum atomic E-state index is -0.502. The van der Waals surface area contributed by atoms with Crippen LogP contribution in [0.1, 0.15) is 46.5 Å². The van der Waals surface area contributed by atoms with Crippen molar-refractivity contribution < 1.29 is 14.6 Å². The lowest BCUT2D eigenvalue weighted by Crippen LogP contribution is -2.52. The van der Waals surface area contributed by atoms with Crippen LogP contribution < -0.4 is 5.73 Å². The quantitative estimate of drug-likeness (QED) is 0.804. The first-order valence-corrected chi connectivity index (χ1v) is 6.73. The number of carbonyl (C=O) groups excluding carboxylic acids is 1. The summed E-state index contributed by atoms with van der Waals surface area (Å²) in [5.41, 5.74) is 5.00. The van der Waals surface area contributed by atoms with Gasteiger partial charge in [0.2, 0.25) is 0 Å². The number of amides is 1. The molecule has 0 aromatic carbocycles. The van der Waals surface area contributed by atoms with Gasteiger partial charge >= 0.3 is 6.09 Å². The maximum Gasteiger partial charge on any atom is 0.410 e. The number of hydrogen-bond donors (Lipinski definition) is 2. The summed E-state index contributed by atoms with van der Waals surface area (Å²) in [6, 6.07) is -0.155. The summed E-state index contributed by atoms with van der Waals surface area (Å²) in [5, 5.41) is 10.0. The second-order valence-corrected chi connectivity index (χ2v) is 5.88. The molecule has 1 aliphatic rings. The van der Waals surface area contributed by atoms with Crippen molar-refractivity contribution in [1.29, 1.82) is 0 Å². The highest BCUT2D eigenvalue weighted by Gasteiger charge is 2.35. The second kappa shape index (κ2) is 6.38. The van der Waals surface area contributed by atoms with Gasteiger partial charge < -0.3 is 20.5 Å². The zero-order valence-electron chi connectivity index (χ0n) is 11.7. The molecule has 0 spiro atoms. The molecule has 2 unspecified atom stereocenters. The Hall–Kier alpha value is -0.810. The highest BCUT2D eigenvalue weighted by molar-refractivity contribution is 5.68. The molecule has 0 aliphatic carbocycles. The van der Waals surface area contributed by atoms with E-state index in [9.17, 15) is 9.90 Å². The van der Waals surface area contributed by atoms with E-state index >= 15 is 0 Å². The predicted octanol–water partition coefficient (Wildman–Crippen LogP) is 1.49. The molecule has 5 nitrogen and oxygen atoms in total. The van der Waals surface area contributed by atoms with E-state index in [-0.39, 0.29) is 12.1 Å². The van der Waals surface area contributed by atoms with Gasteiger partial charge in [-0.1, -0.05) is 0 Å². The van der Waals surface area contributed by atoms with Crippen molar-refractivity contribution in [3.8, 4) is 0 Å². The summed E-state index contributed by atoms with van der Waals surface area (Å²) in [6.45, 7) is 6.77. The van der Waals surface area contributed by atoms with Crippen molar-refractivity contribution in [2.45, 2.75) is 64.2 Å². The van der Waals surface area contributed by atoms with E-state index in [1.165, 1.54) is 0 Å². The van der Waals surface area contributed by atoms with Gasteiger partial charge in [0, 0.05) is 6.54 Å². The van der Waals surface area contributed by atoms with Crippen molar-refractivity contribution in [1.82, 2.24) is 4.90 Å². The molecule has 106 valence electrons. The molecular weight excluding hydrogens is 232 g/mol. The Bertz CT molecular complexity index is 276. The fraction of sp³-hybridized carbons (Fsp3) is 0.923. The lowest BCUT2D eigenvalue weighted by molar-refractivity contribution is -0.0252. The largest absolute Gasteiger partial charge is 0.444 e. The number of aliphatic hydroxyl groups is 1. The van der Waals surface area contributed by atoms with E-state index in [1.807, 2.05) is 20.8 Å². The third-order valence-electron chi connectivity index (χ3n) is 3.08. The fourth-order valence-electron chi connectivity index (χ4n) is 2.26. The van der Waals surface area contributed by atoms with Crippen LogP contribution in [0.3, 0.4) is 0 Å². The van der Waals surface area contributed by atoms with Crippen LogP contribution in [0.15, 0.2) is 0 Å². The number of rotatable bonds is 3. The summed E-state index contributed by atoms with van der Waals surface area (Å²) in [7, 11) is 0. The van der Waals surface area contributed by atoms with Crippen LogP contribution in [-0.4, -0.2) is 46.9 Å². The van der Waals surface area contributed by atoms with Crippen molar-refractivity contribution in [2.24, 2.45) is 5.73 Å². The summed E-state index contributed by atoms with van der Waals surface area (Å²) in [6.07, 6.45) is 2.31. The normalized spacial score (nSPS) is 25.1. The average molecular weight is 258 g/mol. The van der Waals surface area contributed by atoms with E-state index < -0.39 is 11.7 Å². The monoisotopic (exact) mass is 258 g/mol. The highest BCUT2D eigenvalue weighted by Crippen LogP contribution is 2.23. The van der Waals surface area contributed by atoms with Gasteiger partial charge in [0.25, 0.3) is 0 Å². The van der Waals surface area contributed by atoms with Gasteiger partial charge in [-0.25, -0.2) is 4.79 Å². The Morgan fingerprint density at radius 3 is 2.72 bits per heavy atom. The lowest BCUT2D eigenvalue weighted by atomic mass is 9.95. The van der Waals surface area contributed by atoms with E-state index in [0.717, 1.165) is 25.7 Å². The summed E-state index contributed by atoms with van der Waals surface area (Å²) in [5.74, 6) is 0. The molecule has 1 saturated heterocycles. The van der Waals surface area contributed by atoms with E-state index in [0.29, 0.717) is 13.1 Å². The van der Waals surface area contributed by atoms with E-state index in [4.69, 9.17) is 10.5 Å². The molecule has 1 heterocycles. The molecule has 0 aromatic heterocycles. The summed E-state index contributed by atoms with van der Waals surface area (Å²) < 4.78 is 5.38. The van der Waals surface area contributed by atoms with Gasteiger partial charge in [0.1, 0.15) is 5.60 Å². The van der Waals surface area contributed by atoms with Crippen molar-refractivity contribution in [3.63, 3.8) is 0 Å². The number of likely N-dealkylation sites (tertiary alicyclic amines) is 1. The van der Waals surface area contributed by atoms with E-state index in [1.54, 1.807) is 4.90 Å². The number of carbonyl (C=O) groups is 1. The zero-order valence-corrected chi connectivity index (χ0v) is 11.7. The average Bonchev–Trinajstić information content (AvgIpc) is 2.24. The van der Waals surface area contributed by atoms with Crippen LogP contribution in [0.25, 0.3) is 0 Å². The van der Waals surface area contributed by atoms with Gasteiger partial charge in [-0.3, -0.25) is 0 Å². The third kappa shape index (κ3) is 4.46. The Morgan fingerprint density at radius 1 is 1.50 bits per heavy atom. The lowest BCUT2D eigenvalue weighted by Gasteiger charge is -2.39. The van der Waals surface area contributed by atoms with Crippen molar-refractivity contribution >= 4 is 6.09 Å². The Labute approximate surface area is 109 Å². The number of hydrogen-bond acceptors (Lipinski definition) is 4. The van der Waals surface area contributed by atoms with Crippen LogP contribution in [0.4, 0.5) is 4.79 Å². The number of ether oxygens (including phenoxy) is 1. The topological polar surface area (TPSA) is 75.8 Å². The van der Waals surface area contributed by atoms with Gasteiger partial charge in [0.15, 0.2) is 0 Å². The highest BCUT2D eigenvalue weighted by atomic mass is 16.6. The van der Waals surface area contributed by atoms with E-state index in [2.05, 4.69) is 0 Å².